The minimum atomic E-state index is 0.0662. The summed E-state index contributed by atoms with van der Waals surface area (Å²) in [6.07, 6.45) is 1.02. The lowest BCUT2D eigenvalue weighted by Crippen LogP contribution is -2.42. The maximum Gasteiger partial charge on any atom is 0.234 e. The number of carbonyl (C=O) groups is 1. The molecule has 0 aliphatic carbocycles. The summed E-state index contributed by atoms with van der Waals surface area (Å²) in [5.74, 6) is 0.0662. The molecule has 128 valence electrons. The van der Waals surface area contributed by atoms with Crippen molar-refractivity contribution in [3.63, 3.8) is 0 Å². The Morgan fingerprint density at radius 3 is 2.83 bits per heavy atom. The lowest BCUT2D eigenvalue weighted by molar-refractivity contribution is -0.122. The summed E-state index contributed by atoms with van der Waals surface area (Å²) in [7, 11) is 1.99. The fourth-order valence-electron chi connectivity index (χ4n) is 2.99. The van der Waals surface area contributed by atoms with Crippen LogP contribution < -0.4 is 16.2 Å². The van der Waals surface area contributed by atoms with E-state index >= 15 is 0 Å². The average Bonchev–Trinajstić information content (AvgIpc) is 3.25. The van der Waals surface area contributed by atoms with Gasteiger partial charge in [0.1, 0.15) is 0 Å². The molecule has 2 unspecified atom stereocenters. The Morgan fingerprint density at radius 2 is 2.08 bits per heavy atom. The number of nitrogens with zero attached hydrogens (tertiary/aromatic N) is 1. The van der Waals surface area contributed by atoms with Gasteiger partial charge in [0.2, 0.25) is 5.91 Å². The van der Waals surface area contributed by atoms with Gasteiger partial charge in [-0.25, -0.2) is 5.43 Å². The topological polar surface area (TPSA) is 56.4 Å². The molecule has 1 aliphatic rings. The van der Waals surface area contributed by atoms with Crippen molar-refractivity contribution in [2.45, 2.75) is 25.0 Å². The van der Waals surface area contributed by atoms with Gasteiger partial charge in [0.15, 0.2) is 0 Å². The molecule has 3 N–H and O–H groups in total. The van der Waals surface area contributed by atoms with Gasteiger partial charge in [-0.05, 0) is 30.5 Å². The van der Waals surface area contributed by atoms with Crippen LogP contribution in [0.4, 0.5) is 0 Å². The fraction of sp³-hybridized carbons (Fsp3) is 0.389. The van der Waals surface area contributed by atoms with Gasteiger partial charge in [-0.3, -0.25) is 15.1 Å². The average molecular weight is 344 g/mol. The summed E-state index contributed by atoms with van der Waals surface area (Å²) in [5.41, 5.74) is 7.99. The quantitative estimate of drug-likeness (QED) is 0.718. The molecule has 1 amide bonds. The number of likely N-dealkylation sites (N-methyl/N-ethyl adjacent to an activating group) is 1. The third kappa shape index (κ3) is 4.88. The molecule has 0 radical (unpaired) electrons. The molecule has 1 fully saturated rings. The molecule has 3 rings (SSSR count). The summed E-state index contributed by atoms with van der Waals surface area (Å²) in [6, 6.07) is 15.1. The number of carbonyl (C=O) groups excluding carboxylic acids is 1. The van der Waals surface area contributed by atoms with Crippen molar-refractivity contribution in [2.24, 2.45) is 0 Å². The number of rotatable bonds is 7. The van der Waals surface area contributed by atoms with Gasteiger partial charge >= 0.3 is 0 Å². The molecule has 2 atom stereocenters. The van der Waals surface area contributed by atoms with Crippen LogP contribution in [0.1, 0.15) is 22.9 Å². The van der Waals surface area contributed by atoms with Gasteiger partial charge in [0, 0.05) is 23.5 Å². The molecule has 6 heteroatoms. The maximum absolute atomic E-state index is 12.0. The Hall–Kier alpha value is -1.73. The van der Waals surface area contributed by atoms with Crippen molar-refractivity contribution < 1.29 is 4.79 Å². The first kappa shape index (κ1) is 17.1. The molecule has 2 heterocycles. The molecular weight excluding hydrogens is 320 g/mol. The Bertz CT molecular complexity index is 632. The highest BCUT2D eigenvalue weighted by atomic mass is 32.1. The molecule has 5 nitrogen and oxygen atoms in total. The second-order valence-corrected chi connectivity index (χ2v) is 7.27. The van der Waals surface area contributed by atoms with E-state index in [0.29, 0.717) is 25.2 Å². The first-order valence-electron chi connectivity index (χ1n) is 8.24. The highest BCUT2D eigenvalue weighted by molar-refractivity contribution is 7.09. The first-order valence-corrected chi connectivity index (χ1v) is 9.12. The van der Waals surface area contributed by atoms with Gasteiger partial charge in [-0.2, -0.15) is 0 Å². The van der Waals surface area contributed by atoms with Crippen molar-refractivity contribution in [2.75, 3.05) is 20.1 Å². The molecule has 0 spiro atoms. The van der Waals surface area contributed by atoms with Gasteiger partial charge in [0.25, 0.3) is 0 Å². The van der Waals surface area contributed by atoms with Crippen LogP contribution in [0.15, 0.2) is 47.8 Å². The van der Waals surface area contributed by atoms with E-state index in [1.807, 2.05) is 30.6 Å². The van der Waals surface area contributed by atoms with E-state index < -0.39 is 0 Å². The Labute approximate surface area is 147 Å². The van der Waals surface area contributed by atoms with Crippen LogP contribution in [0.3, 0.4) is 0 Å². The number of amides is 1. The fourth-order valence-corrected chi connectivity index (χ4v) is 3.63. The van der Waals surface area contributed by atoms with Gasteiger partial charge in [-0.1, -0.05) is 36.4 Å². The van der Waals surface area contributed by atoms with E-state index in [4.69, 9.17) is 0 Å². The van der Waals surface area contributed by atoms with Gasteiger partial charge in [0.05, 0.1) is 13.1 Å². The Morgan fingerprint density at radius 1 is 1.25 bits per heavy atom. The molecule has 0 bridgehead atoms. The largest absolute Gasteiger partial charge is 0.350 e. The molecule has 0 saturated carbocycles. The summed E-state index contributed by atoms with van der Waals surface area (Å²) in [4.78, 5) is 15.3. The van der Waals surface area contributed by atoms with Gasteiger partial charge in [-0.15, -0.1) is 11.3 Å². The Balaban J connectivity index is 1.39. The highest BCUT2D eigenvalue weighted by Gasteiger charge is 2.25. The minimum Gasteiger partial charge on any atom is -0.350 e. The van der Waals surface area contributed by atoms with E-state index in [1.165, 1.54) is 10.4 Å². The number of hydrogen-bond donors (Lipinski definition) is 3. The third-order valence-electron chi connectivity index (χ3n) is 4.17. The molecule has 1 saturated heterocycles. The number of benzene rings is 1. The number of nitrogens with one attached hydrogen (secondary N) is 3. The predicted molar refractivity (Wildman–Crippen MR) is 97.5 cm³/mol. The summed E-state index contributed by atoms with van der Waals surface area (Å²) in [6.45, 7) is 1.87. The zero-order chi connectivity index (χ0) is 16.8. The third-order valence-corrected chi connectivity index (χ3v) is 5.05. The monoisotopic (exact) mass is 344 g/mol. The summed E-state index contributed by atoms with van der Waals surface area (Å²) in [5, 5.41) is 4.99. The number of thiophene rings is 1. The zero-order valence-electron chi connectivity index (χ0n) is 13.9. The van der Waals surface area contributed by atoms with Crippen molar-refractivity contribution >= 4 is 17.2 Å². The molecule has 2 aromatic rings. The predicted octanol–water partition coefficient (Wildman–Crippen LogP) is 1.90. The first-order chi connectivity index (χ1) is 11.7. The van der Waals surface area contributed by atoms with Crippen LogP contribution in [0.5, 0.6) is 0 Å². The normalized spacial score (nSPS) is 20.4. The van der Waals surface area contributed by atoms with E-state index in [1.54, 1.807) is 11.3 Å². The maximum atomic E-state index is 12.0. The van der Waals surface area contributed by atoms with E-state index in [0.717, 1.165) is 13.0 Å². The summed E-state index contributed by atoms with van der Waals surface area (Å²) >= 11 is 1.66. The zero-order valence-corrected chi connectivity index (χ0v) is 14.7. The standard InChI is InChI=1S/C18H24N4OS/c1-22(13-18(23)19-11-16-8-5-9-24-16)12-15-10-17(21-20-15)14-6-3-2-4-7-14/h2-9,15,17,20-21H,10-13H2,1H3,(H,19,23). The van der Waals surface area contributed by atoms with Crippen molar-refractivity contribution in [1.82, 2.24) is 21.1 Å². The Kier molecular flexibility index (Phi) is 5.98. The van der Waals surface area contributed by atoms with E-state index in [-0.39, 0.29) is 5.91 Å². The highest BCUT2D eigenvalue weighted by Crippen LogP contribution is 2.21. The van der Waals surface area contributed by atoms with E-state index in [9.17, 15) is 4.79 Å². The van der Waals surface area contributed by atoms with Crippen LogP contribution in [-0.2, 0) is 11.3 Å². The van der Waals surface area contributed by atoms with Crippen molar-refractivity contribution in [3.8, 4) is 0 Å². The lowest BCUT2D eigenvalue weighted by Gasteiger charge is -2.20. The molecular formula is C18H24N4OS. The second-order valence-electron chi connectivity index (χ2n) is 6.24. The van der Waals surface area contributed by atoms with Crippen LogP contribution >= 0.6 is 11.3 Å². The van der Waals surface area contributed by atoms with Crippen LogP contribution in [0.2, 0.25) is 0 Å². The van der Waals surface area contributed by atoms with Crippen LogP contribution in [-0.4, -0.2) is 37.0 Å². The molecule has 1 aromatic heterocycles. The van der Waals surface area contributed by atoms with Crippen molar-refractivity contribution in [1.29, 1.82) is 0 Å². The molecule has 24 heavy (non-hydrogen) atoms. The molecule has 1 aliphatic heterocycles. The van der Waals surface area contributed by atoms with Crippen LogP contribution in [0.25, 0.3) is 0 Å². The SMILES string of the molecule is CN(CC(=O)NCc1cccs1)CC1CC(c2ccccc2)NN1. The smallest absolute Gasteiger partial charge is 0.234 e. The van der Waals surface area contributed by atoms with Gasteiger partial charge < -0.3 is 5.32 Å². The number of hydrazine groups is 1. The number of hydrogen-bond acceptors (Lipinski definition) is 5. The lowest BCUT2D eigenvalue weighted by atomic mass is 10.0. The minimum absolute atomic E-state index is 0.0662. The van der Waals surface area contributed by atoms with Crippen LogP contribution in [0, 0.1) is 0 Å². The van der Waals surface area contributed by atoms with Crippen molar-refractivity contribution in [3.05, 3.63) is 58.3 Å². The second kappa shape index (κ2) is 8.39. The summed E-state index contributed by atoms with van der Waals surface area (Å²) < 4.78 is 0. The van der Waals surface area contributed by atoms with E-state index in [2.05, 4.69) is 45.3 Å². The molecule has 1 aromatic carbocycles.